The van der Waals surface area contributed by atoms with E-state index in [1.54, 1.807) is 10.9 Å². The lowest BCUT2D eigenvalue weighted by atomic mass is 9.87. The van der Waals surface area contributed by atoms with Crippen LogP contribution in [0.4, 0.5) is 5.82 Å². The quantitative estimate of drug-likeness (QED) is 0.585. The van der Waals surface area contributed by atoms with E-state index in [0.29, 0.717) is 18.2 Å². The second-order valence-electron chi connectivity index (χ2n) is 6.43. The van der Waals surface area contributed by atoms with E-state index in [0.717, 1.165) is 27.9 Å². The summed E-state index contributed by atoms with van der Waals surface area (Å²) >= 11 is 0. The minimum Gasteiger partial charge on any atom is -0.322 e. The van der Waals surface area contributed by atoms with E-state index in [1.807, 2.05) is 49.5 Å². The van der Waals surface area contributed by atoms with Crippen molar-refractivity contribution in [3.05, 3.63) is 65.6 Å². The molecule has 0 fully saturated rings. The number of hydrogen-bond acceptors (Lipinski definition) is 4. The van der Waals surface area contributed by atoms with E-state index in [1.165, 1.54) is 0 Å². The third-order valence-corrected chi connectivity index (χ3v) is 4.77. The van der Waals surface area contributed by atoms with Crippen molar-refractivity contribution in [3.8, 4) is 5.95 Å². The molecule has 7 nitrogen and oxygen atoms in total. The first-order chi connectivity index (χ1) is 12.7. The molecule has 4 aromatic rings. The fourth-order valence-electron chi connectivity index (χ4n) is 3.61. The lowest BCUT2D eigenvalue weighted by Gasteiger charge is -2.23. The Labute approximate surface area is 149 Å². The summed E-state index contributed by atoms with van der Waals surface area (Å²) in [6.45, 7) is 1.96. The van der Waals surface area contributed by atoms with Crippen molar-refractivity contribution in [2.75, 3.05) is 5.32 Å². The van der Waals surface area contributed by atoms with Gasteiger partial charge < -0.3 is 10.3 Å². The van der Waals surface area contributed by atoms with E-state index >= 15 is 0 Å². The number of amides is 1. The number of aromatic nitrogens is 5. The molecule has 128 valence electrons. The number of anilines is 1. The fourth-order valence-corrected chi connectivity index (χ4v) is 3.61. The molecule has 0 saturated carbocycles. The lowest BCUT2D eigenvalue weighted by Crippen LogP contribution is -2.25. The number of benzene rings is 1. The first-order valence-corrected chi connectivity index (χ1v) is 8.45. The standard InChI is InChI=1S/C19H16N6O/c1-11-17-13(12-5-4-8-20-10-12)9-16(26)23-18(17)25(24-11)19-21-14-6-2-3-7-15(14)22-19/h2-8,10,13H,9H2,1H3,(H,21,22)(H,23,26)/t13-/m1/s1. The zero-order valence-corrected chi connectivity index (χ0v) is 14.1. The maximum absolute atomic E-state index is 12.4. The first kappa shape index (κ1) is 14.8. The van der Waals surface area contributed by atoms with Crippen molar-refractivity contribution in [2.45, 2.75) is 19.3 Å². The largest absolute Gasteiger partial charge is 0.322 e. The summed E-state index contributed by atoms with van der Waals surface area (Å²) in [6.07, 6.45) is 3.92. The van der Waals surface area contributed by atoms with Crippen LogP contribution in [0.15, 0.2) is 48.8 Å². The van der Waals surface area contributed by atoms with Gasteiger partial charge in [0.2, 0.25) is 11.9 Å². The highest BCUT2D eigenvalue weighted by Crippen LogP contribution is 2.39. The summed E-state index contributed by atoms with van der Waals surface area (Å²) in [7, 11) is 0. The molecule has 0 bridgehead atoms. The summed E-state index contributed by atoms with van der Waals surface area (Å²) < 4.78 is 1.69. The minimum absolute atomic E-state index is 0.0383. The molecule has 0 aliphatic carbocycles. The smallest absolute Gasteiger partial charge is 0.231 e. The molecule has 0 radical (unpaired) electrons. The van der Waals surface area contributed by atoms with E-state index in [-0.39, 0.29) is 11.8 Å². The number of fused-ring (bicyclic) bond motifs is 2. The predicted octanol–water partition coefficient (Wildman–Crippen LogP) is 2.93. The van der Waals surface area contributed by atoms with Crippen LogP contribution in [0.1, 0.15) is 29.2 Å². The summed E-state index contributed by atoms with van der Waals surface area (Å²) in [5, 5.41) is 7.63. The van der Waals surface area contributed by atoms with Crippen LogP contribution in [0.3, 0.4) is 0 Å². The second-order valence-corrected chi connectivity index (χ2v) is 6.43. The fraction of sp³-hybridized carbons (Fsp3) is 0.158. The highest BCUT2D eigenvalue weighted by Gasteiger charge is 2.33. The lowest BCUT2D eigenvalue weighted by molar-refractivity contribution is -0.116. The molecule has 4 heterocycles. The Hall–Kier alpha value is -3.48. The number of hydrogen-bond donors (Lipinski definition) is 2. The van der Waals surface area contributed by atoms with Crippen molar-refractivity contribution < 1.29 is 4.79 Å². The van der Waals surface area contributed by atoms with E-state index in [9.17, 15) is 4.79 Å². The number of imidazole rings is 1. The average Bonchev–Trinajstić information content (AvgIpc) is 3.23. The predicted molar refractivity (Wildman–Crippen MR) is 97.3 cm³/mol. The number of H-pyrrole nitrogens is 1. The molecule has 26 heavy (non-hydrogen) atoms. The zero-order chi connectivity index (χ0) is 17.7. The number of aryl methyl sites for hydroxylation is 1. The van der Waals surface area contributed by atoms with Gasteiger partial charge in [0.1, 0.15) is 5.82 Å². The summed E-state index contributed by atoms with van der Waals surface area (Å²) in [6, 6.07) is 11.7. The van der Waals surface area contributed by atoms with Gasteiger partial charge in [-0.3, -0.25) is 9.78 Å². The molecule has 3 aromatic heterocycles. The molecule has 1 aliphatic rings. The number of carbonyl (C=O) groups excluding carboxylic acids is 1. The van der Waals surface area contributed by atoms with E-state index in [4.69, 9.17) is 0 Å². The van der Waals surface area contributed by atoms with Gasteiger partial charge in [-0.25, -0.2) is 4.98 Å². The molecular formula is C19H16N6O. The minimum atomic E-state index is -0.0643. The Kier molecular flexibility index (Phi) is 3.15. The average molecular weight is 344 g/mol. The van der Waals surface area contributed by atoms with Gasteiger partial charge in [0.05, 0.1) is 16.7 Å². The van der Waals surface area contributed by atoms with Crippen LogP contribution in [0.5, 0.6) is 0 Å². The maximum atomic E-state index is 12.4. The molecule has 0 spiro atoms. The summed E-state index contributed by atoms with van der Waals surface area (Å²) in [5.74, 6) is 1.16. The van der Waals surface area contributed by atoms with Crippen molar-refractivity contribution in [2.24, 2.45) is 0 Å². The molecule has 2 N–H and O–H groups in total. The zero-order valence-electron chi connectivity index (χ0n) is 14.1. The van der Waals surface area contributed by atoms with E-state index < -0.39 is 0 Å². The monoisotopic (exact) mass is 344 g/mol. The normalized spacial score (nSPS) is 16.5. The number of nitrogens with zero attached hydrogens (tertiary/aromatic N) is 4. The molecule has 0 saturated heterocycles. The van der Waals surface area contributed by atoms with Crippen LogP contribution in [0, 0.1) is 6.92 Å². The first-order valence-electron chi connectivity index (χ1n) is 8.45. The molecule has 7 heteroatoms. The van der Waals surface area contributed by atoms with Gasteiger partial charge >= 0.3 is 0 Å². The number of rotatable bonds is 2. The molecule has 1 atom stereocenters. The van der Waals surface area contributed by atoms with Crippen LogP contribution in [-0.2, 0) is 4.79 Å². The molecule has 1 aliphatic heterocycles. The maximum Gasteiger partial charge on any atom is 0.231 e. The molecule has 1 aromatic carbocycles. The highest BCUT2D eigenvalue weighted by atomic mass is 16.1. The number of carbonyl (C=O) groups is 1. The number of aromatic amines is 1. The van der Waals surface area contributed by atoms with Crippen molar-refractivity contribution in [1.29, 1.82) is 0 Å². The Morgan fingerprint density at radius 1 is 1.19 bits per heavy atom. The van der Waals surface area contributed by atoms with Gasteiger partial charge in [-0.05, 0) is 30.7 Å². The van der Waals surface area contributed by atoms with Gasteiger partial charge in [0, 0.05) is 30.3 Å². The molecule has 1 amide bonds. The third kappa shape index (κ3) is 2.21. The highest BCUT2D eigenvalue weighted by molar-refractivity contribution is 5.95. The van der Waals surface area contributed by atoms with Gasteiger partial charge in [0.15, 0.2) is 0 Å². The van der Waals surface area contributed by atoms with E-state index in [2.05, 4.69) is 25.4 Å². The molecular weight excluding hydrogens is 328 g/mol. The Balaban J connectivity index is 1.69. The summed E-state index contributed by atoms with van der Waals surface area (Å²) in [4.78, 5) is 24.5. The Morgan fingerprint density at radius 3 is 2.88 bits per heavy atom. The Bertz CT molecular complexity index is 1090. The third-order valence-electron chi connectivity index (χ3n) is 4.77. The van der Waals surface area contributed by atoms with Crippen LogP contribution in [0.25, 0.3) is 17.0 Å². The van der Waals surface area contributed by atoms with Gasteiger partial charge in [-0.15, -0.1) is 0 Å². The van der Waals surface area contributed by atoms with Crippen molar-refractivity contribution in [3.63, 3.8) is 0 Å². The number of para-hydroxylation sites is 2. The second kappa shape index (κ2) is 5.52. The van der Waals surface area contributed by atoms with Crippen molar-refractivity contribution >= 4 is 22.8 Å². The Morgan fingerprint density at radius 2 is 2.08 bits per heavy atom. The van der Waals surface area contributed by atoms with Gasteiger partial charge in [-0.1, -0.05) is 18.2 Å². The number of nitrogens with one attached hydrogen (secondary N) is 2. The number of pyridine rings is 1. The topological polar surface area (TPSA) is 88.5 Å². The SMILES string of the molecule is Cc1nn(-c2nc3ccccc3[nH]2)c2c1[C@@H](c1cccnc1)CC(=O)N2. The van der Waals surface area contributed by atoms with Crippen LogP contribution < -0.4 is 5.32 Å². The van der Waals surface area contributed by atoms with Gasteiger partial charge in [0.25, 0.3) is 0 Å². The van der Waals surface area contributed by atoms with Gasteiger partial charge in [-0.2, -0.15) is 9.78 Å². The van der Waals surface area contributed by atoms with Crippen LogP contribution in [-0.4, -0.2) is 30.6 Å². The summed E-state index contributed by atoms with van der Waals surface area (Å²) in [5.41, 5.74) is 4.67. The van der Waals surface area contributed by atoms with Crippen LogP contribution >= 0.6 is 0 Å². The van der Waals surface area contributed by atoms with Crippen LogP contribution in [0.2, 0.25) is 0 Å². The molecule has 5 rings (SSSR count). The van der Waals surface area contributed by atoms with Crippen molar-refractivity contribution in [1.82, 2.24) is 24.7 Å². The molecule has 0 unspecified atom stereocenters.